The molecule has 19 heavy (non-hydrogen) atoms. The predicted octanol–water partition coefficient (Wildman–Crippen LogP) is 1.34. The SMILES string of the molecule is COCC1NNC(C)C1c1ccc(CN(C)C)cc1. The molecule has 2 rings (SSSR count). The van der Waals surface area contributed by atoms with Crippen molar-refractivity contribution < 1.29 is 4.74 Å². The van der Waals surface area contributed by atoms with E-state index in [0.717, 1.165) is 13.2 Å². The van der Waals surface area contributed by atoms with Crippen LogP contribution in [-0.4, -0.2) is 44.8 Å². The zero-order chi connectivity index (χ0) is 13.8. The Hall–Kier alpha value is -0.940. The number of ether oxygens (including phenoxy) is 1. The van der Waals surface area contributed by atoms with E-state index in [1.807, 2.05) is 0 Å². The molecule has 1 fully saturated rings. The minimum absolute atomic E-state index is 0.333. The molecule has 0 radical (unpaired) electrons. The summed E-state index contributed by atoms with van der Waals surface area (Å²) in [7, 11) is 5.94. The van der Waals surface area contributed by atoms with Crippen LogP contribution in [-0.2, 0) is 11.3 Å². The molecule has 0 spiro atoms. The number of hydrogen-bond donors (Lipinski definition) is 2. The smallest absolute Gasteiger partial charge is 0.0636 e. The fourth-order valence-corrected chi connectivity index (χ4v) is 2.82. The summed E-state index contributed by atoms with van der Waals surface area (Å²) >= 11 is 0. The maximum absolute atomic E-state index is 5.29. The molecule has 4 nitrogen and oxygen atoms in total. The van der Waals surface area contributed by atoms with Crippen LogP contribution in [0.25, 0.3) is 0 Å². The van der Waals surface area contributed by atoms with Gasteiger partial charge in [-0.2, -0.15) is 0 Å². The van der Waals surface area contributed by atoms with Crippen molar-refractivity contribution in [1.82, 2.24) is 15.8 Å². The van der Waals surface area contributed by atoms with E-state index in [2.05, 4.69) is 61.0 Å². The van der Waals surface area contributed by atoms with Crippen molar-refractivity contribution in [3.05, 3.63) is 35.4 Å². The zero-order valence-electron chi connectivity index (χ0n) is 12.3. The lowest BCUT2D eigenvalue weighted by Crippen LogP contribution is -2.35. The van der Waals surface area contributed by atoms with Crippen LogP contribution in [0.2, 0.25) is 0 Å². The number of nitrogens with one attached hydrogen (secondary N) is 2. The molecule has 0 saturated carbocycles. The number of methoxy groups -OCH3 is 1. The fraction of sp³-hybridized carbons (Fsp3) is 0.600. The molecule has 4 heteroatoms. The minimum Gasteiger partial charge on any atom is -0.383 e. The summed E-state index contributed by atoms with van der Waals surface area (Å²) in [6.07, 6.45) is 0. The Kier molecular flexibility index (Phi) is 4.93. The Labute approximate surface area is 116 Å². The first kappa shape index (κ1) is 14.5. The molecule has 1 aliphatic rings. The molecule has 0 aromatic heterocycles. The van der Waals surface area contributed by atoms with E-state index in [9.17, 15) is 0 Å². The zero-order valence-corrected chi connectivity index (χ0v) is 12.3. The lowest BCUT2D eigenvalue weighted by atomic mass is 9.88. The van der Waals surface area contributed by atoms with Crippen LogP contribution in [0.4, 0.5) is 0 Å². The molecule has 1 aliphatic heterocycles. The Morgan fingerprint density at radius 1 is 1.16 bits per heavy atom. The lowest BCUT2D eigenvalue weighted by Gasteiger charge is -2.21. The maximum Gasteiger partial charge on any atom is 0.0636 e. The highest BCUT2D eigenvalue weighted by molar-refractivity contribution is 5.28. The van der Waals surface area contributed by atoms with Crippen molar-refractivity contribution in [2.75, 3.05) is 27.8 Å². The van der Waals surface area contributed by atoms with E-state index in [4.69, 9.17) is 4.74 Å². The number of rotatable bonds is 5. The third-order valence-electron chi connectivity index (χ3n) is 3.68. The molecular weight excluding hydrogens is 238 g/mol. The standard InChI is InChI=1S/C15H25N3O/c1-11-15(14(10-19-4)17-16-11)13-7-5-12(6-8-13)9-18(2)3/h5-8,11,14-17H,9-10H2,1-4H3. The van der Waals surface area contributed by atoms with Crippen molar-refractivity contribution in [2.45, 2.75) is 31.5 Å². The molecule has 3 atom stereocenters. The van der Waals surface area contributed by atoms with Gasteiger partial charge in [0.25, 0.3) is 0 Å². The Bertz CT molecular complexity index is 389. The number of benzene rings is 1. The van der Waals surface area contributed by atoms with Crippen LogP contribution in [0, 0.1) is 0 Å². The van der Waals surface area contributed by atoms with E-state index in [0.29, 0.717) is 18.0 Å². The highest BCUT2D eigenvalue weighted by Crippen LogP contribution is 2.27. The van der Waals surface area contributed by atoms with Gasteiger partial charge in [0.05, 0.1) is 12.6 Å². The highest BCUT2D eigenvalue weighted by Gasteiger charge is 2.33. The molecule has 1 saturated heterocycles. The Morgan fingerprint density at radius 3 is 2.42 bits per heavy atom. The number of nitrogens with zero attached hydrogens (tertiary/aromatic N) is 1. The van der Waals surface area contributed by atoms with E-state index in [1.54, 1.807) is 7.11 Å². The van der Waals surface area contributed by atoms with E-state index < -0.39 is 0 Å². The van der Waals surface area contributed by atoms with Crippen LogP contribution in [0.3, 0.4) is 0 Å². The van der Waals surface area contributed by atoms with E-state index in [1.165, 1.54) is 11.1 Å². The normalized spacial score (nSPS) is 27.1. The number of hydrogen-bond acceptors (Lipinski definition) is 4. The molecule has 2 N–H and O–H groups in total. The average molecular weight is 263 g/mol. The van der Waals surface area contributed by atoms with Crippen molar-refractivity contribution >= 4 is 0 Å². The molecule has 3 unspecified atom stereocenters. The van der Waals surface area contributed by atoms with Gasteiger partial charge < -0.3 is 9.64 Å². The second kappa shape index (κ2) is 6.48. The van der Waals surface area contributed by atoms with Crippen LogP contribution < -0.4 is 10.9 Å². The van der Waals surface area contributed by atoms with Gasteiger partial charge in [-0.15, -0.1) is 0 Å². The van der Waals surface area contributed by atoms with Gasteiger partial charge in [0.15, 0.2) is 0 Å². The summed E-state index contributed by atoms with van der Waals surface area (Å²) in [5.74, 6) is 0.452. The molecule has 1 aromatic carbocycles. The second-order valence-electron chi connectivity index (χ2n) is 5.64. The fourth-order valence-electron chi connectivity index (χ4n) is 2.82. The quantitative estimate of drug-likeness (QED) is 0.840. The molecule has 0 aliphatic carbocycles. The van der Waals surface area contributed by atoms with Crippen molar-refractivity contribution in [3.8, 4) is 0 Å². The van der Waals surface area contributed by atoms with Crippen LogP contribution in [0.15, 0.2) is 24.3 Å². The number of hydrazine groups is 1. The van der Waals surface area contributed by atoms with Gasteiger partial charge in [-0.3, -0.25) is 10.9 Å². The van der Waals surface area contributed by atoms with Crippen LogP contribution >= 0.6 is 0 Å². The second-order valence-corrected chi connectivity index (χ2v) is 5.64. The van der Waals surface area contributed by atoms with Gasteiger partial charge in [-0.05, 0) is 32.1 Å². The minimum atomic E-state index is 0.333. The third kappa shape index (κ3) is 3.54. The summed E-state index contributed by atoms with van der Waals surface area (Å²) in [5.41, 5.74) is 9.35. The predicted molar refractivity (Wildman–Crippen MR) is 78.0 cm³/mol. The molecule has 1 aromatic rings. The first-order valence-electron chi connectivity index (χ1n) is 6.85. The molecular formula is C15H25N3O. The third-order valence-corrected chi connectivity index (χ3v) is 3.68. The van der Waals surface area contributed by atoms with E-state index >= 15 is 0 Å². The van der Waals surface area contributed by atoms with Crippen LogP contribution in [0.5, 0.6) is 0 Å². The highest BCUT2D eigenvalue weighted by atomic mass is 16.5. The molecule has 106 valence electrons. The van der Waals surface area contributed by atoms with Crippen molar-refractivity contribution in [2.24, 2.45) is 0 Å². The van der Waals surface area contributed by atoms with Gasteiger partial charge in [-0.25, -0.2) is 0 Å². The summed E-state index contributed by atoms with van der Waals surface area (Å²) in [6.45, 7) is 3.92. The Morgan fingerprint density at radius 2 is 1.84 bits per heavy atom. The van der Waals surface area contributed by atoms with Crippen molar-refractivity contribution in [3.63, 3.8) is 0 Å². The first-order chi connectivity index (χ1) is 9.11. The van der Waals surface area contributed by atoms with Gasteiger partial charge >= 0.3 is 0 Å². The molecule has 1 heterocycles. The molecule has 0 bridgehead atoms. The summed E-state index contributed by atoms with van der Waals surface area (Å²) in [5, 5.41) is 0. The largest absolute Gasteiger partial charge is 0.383 e. The first-order valence-corrected chi connectivity index (χ1v) is 6.85. The summed E-state index contributed by atoms with van der Waals surface area (Å²) in [4.78, 5) is 2.18. The lowest BCUT2D eigenvalue weighted by molar-refractivity contribution is 0.165. The van der Waals surface area contributed by atoms with Gasteiger partial charge in [-0.1, -0.05) is 24.3 Å². The van der Waals surface area contributed by atoms with Gasteiger partial charge in [0.2, 0.25) is 0 Å². The summed E-state index contributed by atoms with van der Waals surface area (Å²) in [6, 6.07) is 9.70. The van der Waals surface area contributed by atoms with Crippen LogP contribution in [0.1, 0.15) is 24.0 Å². The average Bonchev–Trinajstić information content (AvgIpc) is 2.72. The van der Waals surface area contributed by atoms with E-state index in [-0.39, 0.29) is 0 Å². The van der Waals surface area contributed by atoms with Crippen molar-refractivity contribution in [1.29, 1.82) is 0 Å². The van der Waals surface area contributed by atoms with Gasteiger partial charge in [0, 0.05) is 25.6 Å². The molecule has 0 amide bonds. The topological polar surface area (TPSA) is 36.5 Å². The summed E-state index contributed by atoms with van der Waals surface area (Å²) < 4.78 is 5.29. The Balaban J connectivity index is 2.11. The maximum atomic E-state index is 5.29. The van der Waals surface area contributed by atoms with Gasteiger partial charge in [0.1, 0.15) is 0 Å². The monoisotopic (exact) mass is 263 g/mol.